The Labute approximate surface area is 190 Å². The van der Waals surface area contributed by atoms with Crippen LogP contribution in [0.3, 0.4) is 0 Å². The van der Waals surface area contributed by atoms with Gasteiger partial charge in [0.2, 0.25) is 0 Å². The van der Waals surface area contributed by atoms with Crippen molar-refractivity contribution in [2.24, 2.45) is 0 Å². The highest BCUT2D eigenvalue weighted by Gasteiger charge is 2.43. The third kappa shape index (κ3) is 3.67. The molecule has 2 aromatic carbocycles. The molecular weight excluding hydrogens is 424 g/mol. The van der Waals surface area contributed by atoms with Crippen LogP contribution in [0.1, 0.15) is 65.2 Å². The Morgan fingerprint density at radius 2 is 1.91 bits per heavy atom. The molecule has 1 spiro atoms. The maximum atomic E-state index is 14.1. The van der Waals surface area contributed by atoms with Gasteiger partial charge in [-0.05, 0) is 61.8 Å². The topological polar surface area (TPSA) is 48.3 Å². The fraction of sp³-hybridized carbons (Fsp3) is 0.333. The first-order chi connectivity index (χ1) is 15.9. The molecule has 0 bridgehead atoms. The summed E-state index contributed by atoms with van der Waals surface area (Å²) in [4.78, 5) is 25.1. The van der Waals surface area contributed by atoms with Crippen molar-refractivity contribution in [3.8, 4) is 11.3 Å². The summed E-state index contributed by atoms with van der Waals surface area (Å²) >= 11 is 0. The van der Waals surface area contributed by atoms with Crippen molar-refractivity contribution in [1.29, 1.82) is 0 Å². The van der Waals surface area contributed by atoms with Gasteiger partial charge in [-0.15, -0.1) is 0 Å². The quantitative estimate of drug-likeness (QED) is 0.473. The van der Waals surface area contributed by atoms with Gasteiger partial charge < -0.3 is 9.30 Å². The molecule has 0 radical (unpaired) electrons. The number of nitrogens with zero attached hydrogens (tertiary/aromatic N) is 1. The van der Waals surface area contributed by atoms with E-state index in [1.165, 1.54) is 6.07 Å². The summed E-state index contributed by atoms with van der Waals surface area (Å²) in [6, 6.07) is 14.4. The predicted octanol–water partition coefficient (Wildman–Crippen LogP) is 5.66. The van der Waals surface area contributed by atoms with Crippen LogP contribution in [-0.2, 0) is 23.1 Å². The first-order valence-electron chi connectivity index (χ1n) is 11.3. The van der Waals surface area contributed by atoms with Crippen LogP contribution < -0.4 is 5.43 Å². The van der Waals surface area contributed by atoms with Crippen LogP contribution in [0.25, 0.3) is 11.3 Å². The summed E-state index contributed by atoms with van der Waals surface area (Å²) in [5.74, 6) is -0.649. The summed E-state index contributed by atoms with van der Waals surface area (Å²) in [6.07, 6.45) is 2.93. The number of carbonyl (C=O) groups is 1. The van der Waals surface area contributed by atoms with Gasteiger partial charge in [0.25, 0.3) is 6.43 Å². The number of rotatable bonds is 5. The number of hydrogen-bond acceptors (Lipinski definition) is 3. The average molecular weight is 449 g/mol. The molecule has 3 aromatic rings. The van der Waals surface area contributed by atoms with E-state index in [4.69, 9.17) is 4.74 Å². The van der Waals surface area contributed by atoms with Crippen LogP contribution in [0.5, 0.6) is 0 Å². The average Bonchev–Trinajstić information content (AvgIpc) is 2.77. The summed E-state index contributed by atoms with van der Waals surface area (Å²) in [5, 5.41) is 0. The standard InChI is InChI=1S/C27H25F2NO3/c1-2-33-26(32)22-16-30-23(14-24(22)31)20-13-21(25(28)29)18(11-17-7-4-3-5-8-17)12-19(20)15-27(30)9-6-10-27/h3-5,7-8,12-14,16,25H,2,6,9-11,15H2,1H3. The number of alkyl halides is 2. The Bertz CT molecular complexity index is 1280. The summed E-state index contributed by atoms with van der Waals surface area (Å²) in [5.41, 5.74) is 3.10. The van der Waals surface area contributed by atoms with E-state index in [9.17, 15) is 18.4 Å². The highest BCUT2D eigenvalue weighted by Crippen LogP contribution is 2.49. The summed E-state index contributed by atoms with van der Waals surface area (Å²) in [6.45, 7) is 1.87. The van der Waals surface area contributed by atoms with E-state index in [0.717, 1.165) is 30.4 Å². The van der Waals surface area contributed by atoms with Crippen molar-refractivity contribution in [2.45, 2.75) is 51.0 Å². The van der Waals surface area contributed by atoms with Crippen molar-refractivity contribution in [1.82, 2.24) is 4.57 Å². The zero-order valence-corrected chi connectivity index (χ0v) is 18.4. The minimum atomic E-state index is -2.63. The van der Waals surface area contributed by atoms with Crippen molar-refractivity contribution >= 4 is 5.97 Å². The lowest BCUT2D eigenvalue weighted by Crippen LogP contribution is -2.46. The van der Waals surface area contributed by atoms with E-state index in [1.54, 1.807) is 19.2 Å². The monoisotopic (exact) mass is 449 g/mol. The van der Waals surface area contributed by atoms with Crippen molar-refractivity contribution in [3.05, 3.63) is 92.8 Å². The number of halogens is 2. The first-order valence-corrected chi connectivity index (χ1v) is 11.3. The third-order valence-electron chi connectivity index (χ3n) is 6.97. The van der Waals surface area contributed by atoms with Gasteiger partial charge in [0.05, 0.1) is 12.3 Å². The van der Waals surface area contributed by atoms with Gasteiger partial charge in [-0.2, -0.15) is 0 Å². The molecule has 33 heavy (non-hydrogen) atoms. The molecule has 0 saturated heterocycles. The van der Waals surface area contributed by atoms with Gasteiger partial charge in [0.15, 0.2) is 5.43 Å². The first kappa shape index (κ1) is 21.6. The van der Waals surface area contributed by atoms with Crippen molar-refractivity contribution < 1.29 is 18.3 Å². The highest BCUT2D eigenvalue weighted by molar-refractivity contribution is 5.89. The fourth-order valence-corrected chi connectivity index (χ4v) is 5.21. The van der Waals surface area contributed by atoms with Gasteiger partial charge >= 0.3 is 5.97 Å². The second-order valence-corrected chi connectivity index (χ2v) is 8.95. The largest absolute Gasteiger partial charge is 0.462 e. The van der Waals surface area contributed by atoms with E-state index in [1.807, 2.05) is 41.0 Å². The smallest absolute Gasteiger partial charge is 0.343 e. The lowest BCUT2D eigenvalue weighted by Gasteiger charge is -2.49. The van der Waals surface area contributed by atoms with Gasteiger partial charge in [-0.1, -0.05) is 36.4 Å². The van der Waals surface area contributed by atoms with Crippen LogP contribution in [-0.4, -0.2) is 17.1 Å². The Morgan fingerprint density at radius 1 is 1.15 bits per heavy atom. The van der Waals surface area contributed by atoms with Crippen LogP contribution in [0.15, 0.2) is 59.5 Å². The normalized spacial score (nSPS) is 15.6. The van der Waals surface area contributed by atoms with E-state index >= 15 is 0 Å². The maximum absolute atomic E-state index is 14.1. The number of fused-ring (bicyclic) bond motifs is 4. The molecule has 4 nitrogen and oxygen atoms in total. The number of pyridine rings is 1. The molecular formula is C27H25F2NO3. The lowest BCUT2D eigenvalue weighted by molar-refractivity contribution is 0.0521. The number of ether oxygens (including phenoxy) is 1. The Balaban J connectivity index is 1.67. The Hall–Kier alpha value is -3.28. The molecule has 2 aliphatic rings. The number of carbonyl (C=O) groups excluding carboxylic acids is 1. The number of aromatic nitrogens is 1. The number of esters is 1. The lowest BCUT2D eigenvalue weighted by atomic mass is 9.69. The minimum absolute atomic E-state index is 0.00916. The molecule has 0 atom stereocenters. The second kappa shape index (κ2) is 8.25. The third-order valence-corrected chi connectivity index (χ3v) is 6.97. The molecule has 170 valence electrons. The molecule has 5 rings (SSSR count). The summed E-state index contributed by atoms with van der Waals surface area (Å²) in [7, 11) is 0. The molecule has 1 saturated carbocycles. The SMILES string of the molecule is CCOC(=O)c1cn2c(cc1=O)-c1cc(C(F)F)c(Cc3ccccc3)cc1CC21CCC1. The molecule has 1 fully saturated rings. The zero-order valence-electron chi connectivity index (χ0n) is 18.4. The fourth-order valence-electron chi connectivity index (χ4n) is 5.21. The zero-order chi connectivity index (χ0) is 23.2. The van der Waals surface area contributed by atoms with Crippen LogP contribution >= 0.6 is 0 Å². The van der Waals surface area contributed by atoms with Crippen molar-refractivity contribution in [2.75, 3.05) is 6.61 Å². The molecule has 0 N–H and O–H groups in total. The maximum Gasteiger partial charge on any atom is 0.343 e. The van der Waals surface area contributed by atoms with E-state index in [0.29, 0.717) is 29.7 Å². The number of benzene rings is 2. The predicted molar refractivity (Wildman–Crippen MR) is 122 cm³/mol. The Kier molecular flexibility index (Phi) is 5.39. The van der Waals surface area contributed by atoms with Crippen molar-refractivity contribution in [3.63, 3.8) is 0 Å². The van der Waals surface area contributed by atoms with E-state index in [-0.39, 0.29) is 23.3 Å². The summed E-state index contributed by atoms with van der Waals surface area (Å²) < 4.78 is 35.3. The minimum Gasteiger partial charge on any atom is -0.462 e. The number of hydrogen-bond donors (Lipinski definition) is 0. The van der Waals surface area contributed by atoms with E-state index in [2.05, 4.69) is 0 Å². The Morgan fingerprint density at radius 3 is 2.55 bits per heavy atom. The molecule has 1 aliphatic heterocycles. The van der Waals surface area contributed by atoms with E-state index < -0.39 is 17.8 Å². The van der Waals surface area contributed by atoms with Crippen LogP contribution in [0.4, 0.5) is 8.78 Å². The molecule has 1 aliphatic carbocycles. The van der Waals surface area contributed by atoms with Gasteiger partial charge in [-0.3, -0.25) is 4.79 Å². The van der Waals surface area contributed by atoms with Gasteiger partial charge in [0, 0.05) is 28.9 Å². The van der Waals surface area contributed by atoms with Crippen LogP contribution in [0.2, 0.25) is 0 Å². The highest BCUT2D eigenvalue weighted by atomic mass is 19.3. The molecule has 0 unspecified atom stereocenters. The van der Waals surface area contributed by atoms with Gasteiger partial charge in [0.1, 0.15) is 5.56 Å². The molecule has 0 amide bonds. The molecule has 2 heterocycles. The molecule has 1 aromatic heterocycles. The molecule has 6 heteroatoms. The van der Waals surface area contributed by atoms with Gasteiger partial charge in [-0.25, -0.2) is 13.6 Å². The van der Waals surface area contributed by atoms with Crippen LogP contribution in [0, 0.1) is 0 Å². The second-order valence-electron chi connectivity index (χ2n) is 8.95.